The quantitative estimate of drug-likeness (QED) is 0.522. The topological polar surface area (TPSA) is 55.4 Å². The van der Waals surface area contributed by atoms with E-state index in [0.29, 0.717) is 18.9 Å². The molecule has 0 saturated carbocycles. The zero-order valence-corrected chi connectivity index (χ0v) is 13.0. The van der Waals surface area contributed by atoms with Crippen LogP contribution >= 0.6 is 0 Å². The minimum Gasteiger partial charge on any atom is -0.462 e. The molecule has 1 amide bonds. The molecular formula is C16H27NO3. The van der Waals surface area contributed by atoms with Crippen LogP contribution in [0.3, 0.4) is 0 Å². The van der Waals surface area contributed by atoms with Crippen molar-refractivity contribution in [3.63, 3.8) is 0 Å². The highest BCUT2D eigenvalue weighted by atomic mass is 16.5. The lowest BCUT2D eigenvalue weighted by Crippen LogP contribution is -2.31. The van der Waals surface area contributed by atoms with E-state index in [1.54, 1.807) is 0 Å². The average molecular weight is 281 g/mol. The summed E-state index contributed by atoms with van der Waals surface area (Å²) in [7, 11) is 0. The second-order valence-corrected chi connectivity index (χ2v) is 5.16. The number of allylic oxidation sites excluding steroid dienone is 4. The molecule has 1 unspecified atom stereocenters. The van der Waals surface area contributed by atoms with Gasteiger partial charge in [-0.25, -0.2) is 0 Å². The Morgan fingerprint density at radius 3 is 2.50 bits per heavy atom. The van der Waals surface area contributed by atoms with E-state index in [4.69, 9.17) is 4.74 Å². The highest BCUT2D eigenvalue weighted by molar-refractivity contribution is 5.77. The summed E-state index contributed by atoms with van der Waals surface area (Å²) in [5.41, 5.74) is 0. The van der Waals surface area contributed by atoms with E-state index in [9.17, 15) is 9.59 Å². The van der Waals surface area contributed by atoms with Gasteiger partial charge in [-0.15, -0.1) is 0 Å². The molecule has 0 aliphatic heterocycles. The first-order chi connectivity index (χ1) is 9.45. The minimum atomic E-state index is -0.352. The van der Waals surface area contributed by atoms with Crippen molar-refractivity contribution in [1.82, 2.24) is 5.32 Å². The molecule has 114 valence electrons. The Labute approximate surface area is 122 Å². The third-order valence-corrected chi connectivity index (χ3v) is 2.55. The third-order valence-electron chi connectivity index (χ3n) is 2.55. The van der Waals surface area contributed by atoms with Gasteiger partial charge in [0.25, 0.3) is 0 Å². The van der Waals surface area contributed by atoms with Crippen molar-refractivity contribution in [2.75, 3.05) is 6.54 Å². The summed E-state index contributed by atoms with van der Waals surface area (Å²) in [6, 6.07) is 0. The Kier molecular flexibility index (Phi) is 10.4. The lowest BCUT2D eigenvalue weighted by Gasteiger charge is -2.16. The maximum atomic E-state index is 11.7. The molecule has 0 aromatic heterocycles. The van der Waals surface area contributed by atoms with Gasteiger partial charge >= 0.3 is 5.97 Å². The maximum absolute atomic E-state index is 11.7. The fourth-order valence-corrected chi connectivity index (χ4v) is 1.60. The van der Waals surface area contributed by atoms with Crippen molar-refractivity contribution in [3.8, 4) is 0 Å². The SMILES string of the molecule is C/C=C/C=C/CCC(CC(=O)NCC(C)C)OC(C)=O. The number of hydrogen-bond donors (Lipinski definition) is 1. The van der Waals surface area contributed by atoms with E-state index < -0.39 is 0 Å². The maximum Gasteiger partial charge on any atom is 0.302 e. The first-order valence-corrected chi connectivity index (χ1v) is 7.17. The molecule has 1 atom stereocenters. The Balaban J connectivity index is 4.19. The fourth-order valence-electron chi connectivity index (χ4n) is 1.60. The van der Waals surface area contributed by atoms with E-state index in [-0.39, 0.29) is 24.4 Å². The van der Waals surface area contributed by atoms with Gasteiger partial charge in [0.05, 0.1) is 6.42 Å². The predicted molar refractivity (Wildman–Crippen MR) is 81.2 cm³/mol. The summed E-state index contributed by atoms with van der Waals surface area (Å²) in [6.45, 7) is 8.04. The number of amides is 1. The number of hydrogen-bond acceptors (Lipinski definition) is 3. The van der Waals surface area contributed by atoms with Crippen LogP contribution in [0.2, 0.25) is 0 Å². The predicted octanol–water partition coefficient (Wildman–Crippen LogP) is 2.99. The second-order valence-electron chi connectivity index (χ2n) is 5.16. The van der Waals surface area contributed by atoms with Crippen LogP contribution in [-0.2, 0) is 14.3 Å². The molecule has 0 fully saturated rings. The molecule has 0 heterocycles. The molecule has 0 saturated heterocycles. The van der Waals surface area contributed by atoms with Gasteiger partial charge in [0.15, 0.2) is 0 Å². The summed E-state index contributed by atoms with van der Waals surface area (Å²) in [6.07, 6.45) is 9.14. The molecule has 0 rings (SSSR count). The number of carbonyl (C=O) groups excluding carboxylic acids is 2. The van der Waals surface area contributed by atoms with Crippen LogP contribution in [0.4, 0.5) is 0 Å². The van der Waals surface area contributed by atoms with Crippen LogP contribution in [0.1, 0.15) is 47.0 Å². The molecule has 0 bridgehead atoms. The van der Waals surface area contributed by atoms with Crippen molar-refractivity contribution in [1.29, 1.82) is 0 Å². The highest BCUT2D eigenvalue weighted by Crippen LogP contribution is 2.09. The first kappa shape index (κ1) is 18.4. The van der Waals surface area contributed by atoms with E-state index in [1.807, 2.05) is 45.1 Å². The number of carbonyl (C=O) groups is 2. The Bertz CT molecular complexity index is 346. The molecule has 4 nitrogen and oxygen atoms in total. The summed E-state index contributed by atoms with van der Waals surface area (Å²) in [5.74, 6) is 0.00127. The van der Waals surface area contributed by atoms with Gasteiger partial charge in [-0.3, -0.25) is 9.59 Å². The number of ether oxygens (including phenoxy) is 1. The molecule has 0 radical (unpaired) electrons. The molecule has 0 aromatic rings. The molecule has 20 heavy (non-hydrogen) atoms. The molecular weight excluding hydrogens is 254 g/mol. The minimum absolute atomic E-state index is 0.0672. The highest BCUT2D eigenvalue weighted by Gasteiger charge is 2.16. The van der Waals surface area contributed by atoms with Crippen molar-refractivity contribution in [2.24, 2.45) is 5.92 Å². The molecule has 0 aliphatic carbocycles. The molecule has 0 aliphatic rings. The van der Waals surface area contributed by atoms with Crippen LogP contribution in [0.15, 0.2) is 24.3 Å². The Morgan fingerprint density at radius 2 is 1.95 bits per heavy atom. The Hall–Kier alpha value is -1.58. The van der Waals surface area contributed by atoms with Gasteiger partial charge in [-0.2, -0.15) is 0 Å². The largest absolute Gasteiger partial charge is 0.462 e. The first-order valence-electron chi connectivity index (χ1n) is 7.17. The summed E-state index contributed by atoms with van der Waals surface area (Å²) in [4.78, 5) is 22.8. The zero-order valence-electron chi connectivity index (χ0n) is 13.0. The second kappa shape index (κ2) is 11.3. The van der Waals surface area contributed by atoms with Gasteiger partial charge < -0.3 is 10.1 Å². The van der Waals surface area contributed by atoms with Gasteiger partial charge in [0, 0.05) is 13.5 Å². The van der Waals surface area contributed by atoms with E-state index >= 15 is 0 Å². The zero-order chi connectivity index (χ0) is 15.4. The number of rotatable bonds is 9. The normalized spacial score (nSPS) is 13.1. The third kappa shape index (κ3) is 11.5. The summed E-state index contributed by atoms with van der Waals surface area (Å²) in [5, 5.41) is 2.84. The van der Waals surface area contributed by atoms with Crippen molar-refractivity contribution >= 4 is 11.9 Å². The molecule has 0 aromatic carbocycles. The standard InChI is InChI=1S/C16H27NO3/c1-5-6-7-8-9-10-15(20-14(4)18)11-16(19)17-12-13(2)3/h5-8,13,15H,9-12H2,1-4H3,(H,17,19)/b6-5+,8-7+. The van der Waals surface area contributed by atoms with E-state index in [1.165, 1.54) is 6.92 Å². The number of esters is 1. The summed E-state index contributed by atoms with van der Waals surface area (Å²) < 4.78 is 5.18. The van der Waals surface area contributed by atoms with Crippen molar-refractivity contribution < 1.29 is 14.3 Å². The van der Waals surface area contributed by atoms with Crippen LogP contribution in [-0.4, -0.2) is 24.5 Å². The van der Waals surface area contributed by atoms with Crippen molar-refractivity contribution in [3.05, 3.63) is 24.3 Å². The van der Waals surface area contributed by atoms with Crippen LogP contribution < -0.4 is 5.32 Å². The van der Waals surface area contributed by atoms with Gasteiger partial charge in [0.2, 0.25) is 5.91 Å². The van der Waals surface area contributed by atoms with Gasteiger partial charge in [-0.05, 0) is 25.7 Å². The van der Waals surface area contributed by atoms with Crippen LogP contribution in [0.5, 0.6) is 0 Å². The smallest absolute Gasteiger partial charge is 0.302 e. The lowest BCUT2D eigenvalue weighted by atomic mass is 10.1. The fraction of sp³-hybridized carbons (Fsp3) is 0.625. The molecule has 1 N–H and O–H groups in total. The monoisotopic (exact) mass is 281 g/mol. The number of nitrogens with one attached hydrogen (secondary N) is 1. The van der Waals surface area contributed by atoms with Crippen LogP contribution in [0.25, 0.3) is 0 Å². The average Bonchev–Trinajstić information content (AvgIpc) is 2.35. The molecule has 0 spiro atoms. The van der Waals surface area contributed by atoms with Gasteiger partial charge in [-0.1, -0.05) is 38.2 Å². The van der Waals surface area contributed by atoms with E-state index in [2.05, 4.69) is 5.32 Å². The molecule has 4 heteroatoms. The lowest BCUT2D eigenvalue weighted by molar-refractivity contribution is -0.148. The van der Waals surface area contributed by atoms with Gasteiger partial charge in [0.1, 0.15) is 6.10 Å². The van der Waals surface area contributed by atoms with Crippen LogP contribution in [0, 0.1) is 5.92 Å². The summed E-state index contributed by atoms with van der Waals surface area (Å²) >= 11 is 0. The van der Waals surface area contributed by atoms with E-state index in [0.717, 1.165) is 6.42 Å². The van der Waals surface area contributed by atoms with Crippen molar-refractivity contribution in [2.45, 2.75) is 53.1 Å². The Morgan fingerprint density at radius 1 is 1.25 bits per heavy atom.